The number of carbonyl (C=O) groups excluding carboxylic acids is 1. The van der Waals surface area contributed by atoms with Gasteiger partial charge in [0.15, 0.2) is 0 Å². The standard InChI is InChI=1S/C10H10N2O2/c11-6-2-1-5-3-8-9(7(5)4-6)12-10(13)14-8/h1-2,4,8-9H,3,11H2,(H,12,13)/t8-,9+/m0/s1. The first-order chi connectivity index (χ1) is 6.74. The monoisotopic (exact) mass is 190 g/mol. The number of amides is 1. The Balaban J connectivity index is 2.07. The van der Waals surface area contributed by atoms with Crippen LogP contribution in [0.3, 0.4) is 0 Å². The summed E-state index contributed by atoms with van der Waals surface area (Å²) >= 11 is 0. The van der Waals surface area contributed by atoms with Crippen molar-refractivity contribution >= 4 is 11.8 Å². The average molecular weight is 190 g/mol. The number of nitrogens with one attached hydrogen (secondary N) is 1. The third-order valence-electron chi connectivity index (χ3n) is 2.83. The topological polar surface area (TPSA) is 64.3 Å². The van der Waals surface area contributed by atoms with Gasteiger partial charge in [-0.15, -0.1) is 0 Å². The van der Waals surface area contributed by atoms with Crippen LogP contribution in [0.15, 0.2) is 18.2 Å². The van der Waals surface area contributed by atoms with E-state index in [0.29, 0.717) is 0 Å². The minimum absolute atomic E-state index is 0.000926. The summed E-state index contributed by atoms with van der Waals surface area (Å²) in [6.07, 6.45) is 0.423. The SMILES string of the molecule is Nc1ccc2c(c1)[C@H]1NC(=O)O[C@H]1C2. The fraction of sp³-hybridized carbons (Fsp3) is 0.300. The molecule has 0 spiro atoms. The predicted octanol–water partition coefficient (Wildman–Crippen LogP) is 0.974. The molecule has 0 aromatic heterocycles. The Hall–Kier alpha value is -1.71. The second-order valence-electron chi connectivity index (χ2n) is 3.73. The number of hydrogen-bond donors (Lipinski definition) is 2. The van der Waals surface area contributed by atoms with Crippen molar-refractivity contribution in [3.8, 4) is 0 Å². The highest BCUT2D eigenvalue weighted by atomic mass is 16.6. The normalized spacial score (nSPS) is 27.9. The fourth-order valence-corrected chi connectivity index (χ4v) is 2.20. The van der Waals surface area contributed by atoms with Gasteiger partial charge in [0, 0.05) is 12.1 Å². The van der Waals surface area contributed by atoms with Gasteiger partial charge in [-0.05, 0) is 23.3 Å². The Morgan fingerprint density at radius 1 is 1.50 bits per heavy atom. The van der Waals surface area contributed by atoms with Crippen molar-refractivity contribution in [3.63, 3.8) is 0 Å². The summed E-state index contributed by atoms with van der Waals surface area (Å²) in [4.78, 5) is 11.0. The van der Waals surface area contributed by atoms with Crippen LogP contribution in [0.25, 0.3) is 0 Å². The number of nitrogen functional groups attached to an aromatic ring is 1. The van der Waals surface area contributed by atoms with Crippen molar-refractivity contribution in [2.45, 2.75) is 18.6 Å². The van der Waals surface area contributed by atoms with Crippen LogP contribution in [0.1, 0.15) is 17.2 Å². The van der Waals surface area contributed by atoms with Crippen LogP contribution < -0.4 is 11.1 Å². The molecule has 72 valence electrons. The second kappa shape index (κ2) is 2.41. The molecule has 3 rings (SSSR count). The van der Waals surface area contributed by atoms with Gasteiger partial charge in [-0.2, -0.15) is 0 Å². The lowest BCUT2D eigenvalue weighted by Crippen LogP contribution is -2.18. The first-order valence-corrected chi connectivity index (χ1v) is 4.59. The highest BCUT2D eigenvalue weighted by Crippen LogP contribution is 2.37. The summed E-state index contributed by atoms with van der Waals surface area (Å²) in [5.41, 5.74) is 8.74. The molecule has 4 nitrogen and oxygen atoms in total. The molecular weight excluding hydrogens is 180 g/mol. The lowest BCUT2D eigenvalue weighted by atomic mass is 10.1. The summed E-state index contributed by atoms with van der Waals surface area (Å²) in [7, 11) is 0. The number of anilines is 1. The second-order valence-corrected chi connectivity index (χ2v) is 3.73. The van der Waals surface area contributed by atoms with Crippen LogP contribution in [-0.2, 0) is 11.2 Å². The molecule has 1 heterocycles. The van der Waals surface area contributed by atoms with Crippen LogP contribution >= 0.6 is 0 Å². The molecule has 1 aromatic rings. The molecule has 1 aliphatic carbocycles. The first kappa shape index (κ1) is 7.67. The van der Waals surface area contributed by atoms with E-state index in [4.69, 9.17) is 10.5 Å². The van der Waals surface area contributed by atoms with Gasteiger partial charge in [0.1, 0.15) is 6.10 Å². The zero-order chi connectivity index (χ0) is 9.71. The minimum atomic E-state index is -0.326. The third kappa shape index (κ3) is 0.907. The Morgan fingerprint density at radius 2 is 2.36 bits per heavy atom. The molecule has 1 saturated heterocycles. The Morgan fingerprint density at radius 3 is 3.21 bits per heavy atom. The number of hydrogen-bond acceptors (Lipinski definition) is 3. The smallest absolute Gasteiger partial charge is 0.408 e. The van der Waals surface area contributed by atoms with Crippen molar-refractivity contribution in [1.29, 1.82) is 0 Å². The summed E-state index contributed by atoms with van der Waals surface area (Å²) < 4.78 is 5.12. The number of benzene rings is 1. The van der Waals surface area contributed by atoms with Gasteiger partial charge in [-0.25, -0.2) is 4.79 Å². The van der Waals surface area contributed by atoms with E-state index in [-0.39, 0.29) is 18.2 Å². The summed E-state index contributed by atoms with van der Waals surface area (Å²) in [5.74, 6) is 0. The van der Waals surface area contributed by atoms with E-state index in [1.165, 1.54) is 5.56 Å². The molecular formula is C10H10N2O2. The van der Waals surface area contributed by atoms with Gasteiger partial charge >= 0.3 is 6.09 Å². The predicted molar refractivity (Wildman–Crippen MR) is 50.7 cm³/mol. The van der Waals surface area contributed by atoms with E-state index in [2.05, 4.69) is 5.32 Å². The van der Waals surface area contributed by atoms with Crippen molar-refractivity contribution in [2.75, 3.05) is 5.73 Å². The summed E-state index contributed by atoms with van der Waals surface area (Å²) in [6.45, 7) is 0. The van der Waals surface area contributed by atoms with E-state index in [0.717, 1.165) is 17.7 Å². The van der Waals surface area contributed by atoms with Crippen LogP contribution in [0.5, 0.6) is 0 Å². The average Bonchev–Trinajstić information content (AvgIpc) is 2.62. The van der Waals surface area contributed by atoms with Crippen molar-refractivity contribution in [3.05, 3.63) is 29.3 Å². The van der Waals surface area contributed by atoms with Crippen molar-refractivity contribution < 1.29 is 9.53 Å². The molecule has 0 radical (unpaired) electrons. The highest BCUT2D eigenvalue weighted by molar-refractivity contribution is 5.72. The molecule has 14 heavy (non-hydrogen) atoms. The molecule has 2 aliphatic rings. The highest BCUT2D eigenvalue weighted by Gasteiger charge is 2.41. The number of carbonyl (C=O) groups is 1. The van der Waals surface area contributed by atoms with Crippen molar-refractivity contribution in [1.82, 2.24) is 5.32 Å². The minimum Gasteiger partial charge on any atom is -0.443 e. The molecule has 3 N–H and O–H groups in total. The summed E-state index contributed by atoms with van der Waals surface area (Å²) in [6, 6.07) is 5.79. The largest absolute Gasteiger partial charge is 0.443 e. The van der Waals surface area contributed by atoms with E-state index >= 15 is 0 Å². The number of ether oxygens (including phenoxy) is 1. The molecule has 1 aromatic carbocycles. The van der Waals surface area contributed by atoms with Gasteiger partial charge < -0.3 is 15.8 Å². The maximum atomic E-state index is 11.0. The molecule has 1 fully saturated rings. The zero-order valence-electron chi connectivity index (χ0n) is 7.49. The zero-order valence-corrected chi connectivity index (χ0v) is 7.49. The maximum absolute atomic E-state index is 11.0. The van der Waals surface area contributed by atoms with Gasteiger partial charge in [0.2, 0.25) is 0 Å². The third-order valence-corrected chi connectivity index (χ3v) is 2.83. The number of rotatable bonds is 0. The van der Waals surface area contributed by atoms with Crippen molar-refractivity contribution in [2.24, 2.45) is 0 Å². The van der Waals surface area contributed by atoms with Gasteiger partial charge in [0.25, 0.3) is 0 Å². The molecule has 0 unspecified atom stereocenters. The fourth-order valence-electron chi connectivity index (χ4n) is 2.20. The van der Waals surface area contributed by atoms with Gasteiger partial charge in [-0.1, -0.05) is 6.07 Å². The number of fused-ring (bicyclic) bond motifs is 3. The van der Waals surface area contributed by atoms with Crippen LogP contribution in [0.2, 0.25) is 0 Å². The number of nitrogens with two attached hydrogens (primary N) is 1. The Labute approximate surface area is 81.0 Å². The van der Waals surface area contributed by atoms with Gasteiger partial charge in [0.05, 0.1) is 6.04 Å². The molecule has 4 heteroatoms. The van der Waals surface area contributed by atoms with Gasteiger partial charge in [-0.3, -0.25) is 0 Å². The van der Waals surface area contributed by atoms with E-state index in [1.807, 2.05) is 18.2 Å². The molecule has 1 aliphatic heterocycles. The number of alkyl carbamates (subject to hydrolysis) is 1. The molecule has 0 bridgehead atoms. The summed E-state index contributed by atoms with van der Waals surface area (Å²) in [5, 5.41) is 2.78. The molecule has 2 atom stereocenters. The Bertz CT molecular complexity index is 417. The van der Waals surface area contributed by atoms with Crippen LogP contribution in [0, 0.1) is 0 Å². The van der Waals surface area contributed by atoms with Crippen LogP contribution in [-0.4, -0.2) is 12.2 Å². The van der Waals surface area contributed by atoms with Crippen LogP contribution in [0.4, 0.5) is 10.5 Å². The van der Waals surface area contributed by atoms with E-state index < -0.39 is 0 Å². The molecule has 1 amide bonds. The lowest BCUT2D eigenvalue weighted by Gasteiger charge is -2.06. The molecule has 0 saturated carbocycles. The first-order valence-electron chi connectivity index (χ1n) is 4.59. The lowest BCUT2D eigenvalue weighted by molar-refractivity contribution is 0.136. The quantitative estimate of drug-likeness (QED) is 0.599. The van der Waals surface area contributed by atoms with E-state index in [1.54, 1.807) is 0 Å². The van der Waals surface area contributed by atoms with E-state index in [9.17, 15) is 4.79 Å². The Kier molecular flexibility index (Phi) is 1.32. The maximum Gasteiger partial charge on any atom is 0.408 e.